The lowest BCUT2D eigenvalue weighted by Gasteiger charge is -2.58. The number of hydrogen-bond acceptors (Lipinski definition) is 2. The van der Waals surface area contributed by atoms with Crippen molar-refractivity contribution in [2.75, 3.05) is 4.90 Å². The van der Waals surface area contributed by atoms with Crippen LogP contribution < -0.4 is 10.2 Å². The molecule has 0 aliphatic carbocycles. The molecule has 0 spiro atoms. The van der Waals surface area contributed by atoms with Crippen LogP contribution in [-0.4, -0.2) is 24.2 Å². The van der Waals surface area contributed by atoms with Crippen molar-refractivity contribution in [2.45, 2.75) is 49.9 Å². The first kappa shape index (κ1) is 10.4. The van der Waals surface area contributed by atoms with Crippen molar-refractivity contribution in [1.82, 2.24) is 5.32 Å². The molecule has 0 radical (unpaired) electrons. The summed E-state index contributed by atoms with van der Waals surface area (Å²) in [6.45, 7) is 0. The molecule has 4 aliphatic heterocycles. The molecule has 0 aromatic heterocycles. The molecule has 0 saturated carbocycles. The molecule has 0 unspecified atom stereocenters. The highest BCUT2D eigenvalue weighted by Crippen LogP contribution is 2.42. The zero-order valence-electron chi connectivity index (χ0n) is 9.77. The third-order valence-electron chi connectivity index (χ3n) is 4.59. The van der Waals surface area contributed by atoms with E-state index in [1.54, 1.807) is 0 Å². The molecule has 4 heterocycles. The Kier molecular flexibility index (Phi) is 2.28. The Labute approximate surface area is 111 Å². The molecule has 1 aromatic rings. The standard InChI is InChI=1S/C14H17BrN2/c15-9-2-1-3-12(4-9)17-13-5-10-6-14(17)8-11(7-13)16-10/h1-4,10-11,13-14,16H,5-8H2. The Bertz CT molecular complexity index is 418. The third-order valence-corrected chi connectivity index (χ3v) is 5.08. The van der Waals surface area contributed by atoms with Crippen molar-refractivity contribution in [3.8, 4) is 0 Å². The van der Waals surface area contributed by atoms with E-state index in [-0.39, 0.29) is 0 Å². The Balaban J connectivity index is 1.70. The van der Waals surface area contributed by atoms with Gasteiger partial charge >= 0.3 is 0 Å². The van der Waals surface area contributed by atoms with Gasteiger partial charge in [0.2, 0.25) is 0 Å². The number of nitrogens with zero attached hydrogens (tertiary/aromatic N) is 1. The van der Waals surface area contributed by atoms with Gasteiger partial charge in [0.25, 0.3) is 0 Å². The van der Waals surface area contributed by atoms with E-state index in [4.69, 9.17) is 0 Å². The van der Waals surface area contributed by atoms with Crippen LogP contribution in [0, 0.1) is 0 Å². The van der Waals surface area contributed by atoms with Crippen LogP contribution in [0.5, 0.6) is 0 Å². The summed E-state index contributed by atoms with van der Waals surface area (Å²) < 4.78 is 1.20. The number of halogens is 1. The van der Waals surface area contributed by atoms with Gasteiger partial charge in [0.1, 0.15) is 0 Å². The van der Waals surface area contributed by atoms with E-state index in [0.717, 1.165) is 24.2 Å². The van der Waals surface area contributed by atoms with Crippen molar-refractivity contribution in [3.05, 3.63) is 28.7 Å². The second-order valence-electron chi connectivity index (χ2n) is 5.70. The molecule has 0 amide bonds. The Morgan fingerprint density at radius 3 is 2.29 bits per heavy atom. The fourth-order valence-electron chi connectivity index (χ4n) is 4.11. The fourth-order valence-corrected chi connectivity index (χ4v) is 4.50. The Morgan fingerprint density at radius 1 is 1.06 bits per heavy atom. The highest BCUT2D eigenvalue weighted by Gasteiger charge is 2.46. The number of rotatable bonds is 1. The van der Waals surface area contributed by atoms with Crippen LogP contribution >= 0.6 is 15.9 Å². The average molecular weight is 293 g/mol. The van der Waals surface area contributed by atoms with Gasteiger partial charge in [-0.25, -0.2) is 0 Å². The molecular weight excluding hydrogens is 276 g/mol. The smallest absolute Gasteiger partial charge is 0.0382 e. The first-order chi connectivity index (χ1) is 8.29. The zero-order valence-corrected chi connectivity index (χ0v) is 11.4. The number of piperidine rings is 4. The van der Waals surface area contributed by atoms with Crippen molar-refractivity contribution in [1.29, 1.82) is 0 Å². The second kappa shape index (κ2) is 3.72. The van der Waals surface area contributed by atoms with Gasteiger partial charge in [-0.2, -0.15) is 0 Å². The molecule has 2 nitrogen and oxygen atoms in total. The molecule has 3 heteroatoms. The molecular formula is C14H17BrN2. The summed E-state index contributed by atoms with van der Waals surface area (Å²) in [6, 6.07) is 11.9. The van der Waals surface area contributed by atoms with E-state index >= 15 is 0 Å². The van der Waals surface area contributed by atoms with E-state index in [1.807, 2.05) is 0 Å². The van der Waals surface area contributed by atoms with Gasteiger partial charge in [0.15, 0.2) is 0 Å². The first-order valence-corrected chi connectivity index (χ1v) is 7.39. The molecule has 1 aromatic carbocycles. The monoisotopic (exact) mass is 292 g/mol. The van der Waals surface area contributed by atoms with Crippen LogP contribution in [-0.2, 0) is 0 Å². The Hall–Kier alpha value is -0.540. The molecule has 4 aliphatic rings. The summed E-state index contributed by atoms with van der Waals surface area (Å²) in [5, 5.41) is 3.76. The molecule has 4 bridgehead atoms. The van der Waals surface area contributed by atoms with Crippen LogP contribution in [0.15, 0.2) is 28.7 Å². The van der Waals surface area contributed by atoms with Crippen LogP contribution in [0.1, 0.15) is 25.7 Å². The first-order valence-electron chi connectivity index (χ1n) is 6.59. The Morgan fingerprint density at radius 2 is 1.71 bits per heavy atom. The molecule has 0 atom stereocenters. The summed E-state index contributed by atoms with van der Waals surface area (Å²) in [4.78, 5) is 2.69. The van der Waals surface area contributed by atoms with E-state index < -0.39 is 0 Å². The molecule has 4 saturated heterocycles. The lowest BCUT2D eigenvalue weighted by molar-refractivity contribution is 0.135. The maximum Gasteiger partial charge on any atom is 0.0382 e. The minimum atomic E-state index is 0.771. The predicted octanol–water partition coefficient (Wildman–Crippen LogP) is 2.92. The van der Waals surface area contributed by atoms with Crippen molar-refractivity contribution < 1.29 is 0 Å². The van der Waals surface area contributed by atoms with E-state index in [9.17, 15) is 0 Å². The average Bonchev–Trinajstić information content (AvgIpc) is 2.27. The van der Waals surface area contributed by atoms with Gasteiger partial charge in [-0.05, 0) is 43.9 Å². The van der Waals surface area contributed by atoms with Gasteiger partial charge in [0, 0.05) is 34.3 Å². The lowest BCUT2D eigenvalue weighted by atomic mass is 9.74. The van der Waals surface area contributed by atoms with Crippen LogP contribution in [0.2, 0.25) is 0 Å². The minimum absolute atomic E-state index is 0.771. The summed E-state index contributed by atoms with van der Waals surface area (Å²) in [5.74, 6) is 0. The number of hydrogen-bond donors (Lipinski definition) is 1. The van der Waals surface area contributed by atoms with Gasteiger partial charge in [-0.15, -0.1) is 0 Å². The molecule has 5 rings (SSSR count). The summed E-state index contributed by atoms with van der Waals surface area (Å²) in [5.41, 5.74) is 1.41. The molecule has 1 N–H and O–H groups in total. The van der Waals surface area contributed by atoms with Gasteiger partial charge in [0.05, 0.1) is 0 Å². The molecule has 4 fully saturated rings. The van der Waals surface area contributed by atoms with Crippen LogP contribution in [0.3, 0.4) is 0 Å². The maximum atomic E-state index is 3.76. The number of benzene rings is 1. The predicted molar refractivity (Wildman–Crippen MR) is 73.4 cm³/mol. The zero-order chi connectivity index (χ0) is 11.4. The quantitative estimate of drug-likeness (QED) is 0.856. The van der Waals surface area contributed by atoms with Gasteiger partial charge in [-0.1, -0.05) is 22.0 Å². The molecule has 90 valence electrons. The van der Waals surface area contributed by atoms with E-state index in [2.05, 4.69) is 50.4 Å². The van der Waals surface area contributed by atoms with Crippen molar-refractivity contribution in [3.63, 3.8) is 0 Å². The molecule has 17 heavy (non-hydrogen) atoms. The van der Waals surface area contributed by atoms with Gasteiger partial charge in [-0.3, -0.25) is 0 Å². The summed E-state index contributed by atoms with van der Waals surface area (Å²) >= 11 is 3.59. The third kappa shape index (κ3) is 1.63. The largest absolute Gasteiger partial charge is 0.365 e. The highest BCUT2D eigenvalue weighted by molar-refractivity contribution is 9.10. The topological polar surface area (TPSA) is 15.3 Å². The normalized spacial score (nSPS) is 38.8. The van der Waals surface area contributed by atoms with Crippen LogP contribution in [0.4, 0.5) is 5.69 Å². The number of nitrogens with one attached hydrogen (secondary N) is 1. The van der Waals surface area contributed by atoms with Crippen molar-refractivity contribution >= 4 is 21.6 Å². The second-order valence-corrected chi connectivity index (χ2v) is 6.61. The van der Waals surface area contributed by atoms with E-state index in [0.29, 0.717) is 0 Å². The summed E-state index contributed by atoms with van der Waals surface area (Å²) in [6.07, 6.45) is 5.33. The van der Waals surface area contributed by atoms with E-state index in [1.165, 1.54) is 35.8 Å². The highest BCUT2D eigenvalue weighted by atomic mass is 79.9. The van der Waals surface area contributed by atoms with Crippen molar-refractivity contribution in [2.24, 2.45) is 0 Å². The van der Waals surface area contributed by atoms with Crippen LogP contribution in [0.25, 0.3) is 0 Å². The van der Waals surface area contributed by atoms with Gasteiger partial charge < -0.3 is 10.2 Å². The maximum absolute atomic E-state index is 3.76. The SMILES string of the molecule is Brc1cccc(N2C3CC4CC2CC(C3)N4)c1. The lowest BCUT2D eigenvalue weighted by Crippen LogP contribution is -2.67. The fraction of sp³-hybridized carbons (Fsp3) is 0.571. The summed E-state index contributed by atoms with van der Waals surface area (Å²) in [7, 11) is 0. The number of anilines is 1. The minimum Gasteiger partial charge on any atom is -0.365 e.